The largest absolute Gasteiger partial charge is 0.494 e. The van der Waals surface area contributed by atoms with E-state index in [2.05, 4.69) is 15.9 Å². The van der Waals surface area contributed by atoms with Crippen LogP contribution in [0, 0.1) is 0 Å². The average Bonchev–Trinajstić information content (AvgIpc) is 2.36. The zero-order valence-electron chi connectivity index (χ0n) is 10.6. The van der Waals surface area contributed by atoms with Gasteiger partial charge < -0.3 is 9.64 Å². The number of benzene rings is 1. The van der Waals surface area contributed by atoms with Gasteiger partial charge in [-0.3, -0.25) is 4.79 Å². The van der Waals surface area contributed by atoms with Crippen LogP contribution < -0.4 is 4.74 Å². The molecular formula is C14H18BrNO2. The van der Waals surface area contributed by atoms with E-state index in [1.807, 2.05) is 36.1 Å². The summed E-state index contributed by atoms with van der Waals surface area (Å²) in [6.45, 7) is 4.15. The van der Waals surface area contributed by atoms with Gasteiger partial charge in [-0.2, -0.15) is 0 Å². The quantitative estimate of drug-likeness (QED) is 0.800. The van der Waals surface area contributed by atoms with Gasteiger partial charge in [0.1, 0.15) is 5.75 Å². The summed E-state index contributed by atoms with van der Waals surface area (Å²) in [5.74, 6) is 1.07. The van der Waals surface area contributed by atoms with Crippen LogP contribution in [0.2, 0.25) is 0 Å². The van der Waals surface area contributed by atoms with Crippen LogP contribution in [0.5, 0.6) is 5.75 Å². The first kappa shape index (κ1) is 13.4. The molecule has 4 heteroatoms. The Morgan fingerprint density at radius 3 is 3.11 bits per heavy atom. The highest BCUT2D eigenvalue weighted by Crippen LogP contribution is 2.21. The summed E-state index contributed by atoms with van der Waals surface area (Å²) < 4.78 is 5.47. The molecule has 1 fully saturated rings. The molecular weight excluding hydrogens is 294 g/mol. The second-order valence-corrected chi connectivity index (χ2v) is 5.56. The molecule has 1 aliphatic heterocycles. The van der Waals surface area contributed by atoms with Crippen LogP contribution in [0.1, 0.15) is 25.3 Å². The number of piperidine rings is 1. The third-order valence-corrected chi connectivity index (χ3v) is 3.90. The topological polar surface area (TPSA) is 29.5 Å². The van der Waals surface area contributed by atoms with Crippen molar-refractivity contribution < 1.29 is 9.53 Å². The van der Waals surface area contributed by atoms with Gasteiger partial charge in [0.2, 0.25) is 5.91 Å². The van der Waals surface area contributed by atoms with Gasteiger partial charge in [0.25, 0.3) is 0 Å². The molecule has 0 spiro atoms. The van der Waals surface area contributed by atoms with Crippen molar-refractivity contribution in [3.8, 4) is 5.75 Å². The van der Waals surface area contributed by atoms with Crippen molar-refractivity contribution in [1.29, 1.82) is 0 Å². The van der Waals surface area contributed by atoms with Crippen molar-refractivity contribution >= 4 is 21.8 Å². The zero-order chi connectivity index (χ0) is 13.0. The highest BCUT2D eigenvalue weighted by atomic mass is 79.9. The summed E-state index contributed by atoms with van der Waals surface area (Å²) in [5, 5.41) is 0. The minimum atomic E-state index is -0.0127. The third kappa shape index (κ3) is 3.25. The minimum absolute atomic E-state index is 0.0127. The first-order valence-electron chi connectivity index (χ1n) is 6.35. The predicted octanol–water partition coefficient (Wildman–Crippen LogP) is 2.97. The van der Waals surface area contributed by atoms with Gasteiger partial charge in [0.15, 0.2) is 0 Å². The van der Waals surface area contributed by atoms with Crippen LogP contribution in [0.15, 0.2) is 24.3 Å². The molecule has 0 bridgehead atoms. The Morgan fingerprint density at radius 1 is 1.50 bits per heavy atom. The van der Waals surface area contributed by atoms with Crippen molar-refractivity contribution in [2.45, 2.75) is 31.1 Å². The monoisotopic (exact) mass is 311 g/mol. The van der Waals surface area contributed by atoms with Crippen LogP contribution in [0.4, 0.5) is 0 Å². The number of carbonyl (C=O) groups is 1. The predicted molar refractivity (Wildman–Crippen MR) is 75.0 cm³/mol. The Balaban J connectivity index is 2.04. The van der Waals surface area contributed by atoms with E-state index in [4.69, 9.17) is 4.74 Å². The summed E-state index contributed by atoms with van der Waals surface area (Å²) in [6.07, 6.45) is 2.00. The second-order valence-electron chi connectivity index (χ2n) is 4.45. The number of alkyl halides is 1. The Hall–Kier alpha value is -1.03. The summed E-state index contributed by atoms with van der Waals surface area (Å²) in [5.41, 5.74) is 1.12. The summed E-state index contributed by atoms with van der Waals surface area (Å²) in [6, 6.07) is 7.96. The number of nitrogens with zero attached hydrogens (tertiary/aromatic N) is 1. The van der Waals surface area contributed by atoms with Crippen LogP contribution in [0.25, 0.3) is 0 Å². The van der Waals surface area contributed by atoms with Gasteiger partial charge in [0, 0.05) is 13.1 Å². The summed E-state index contributed by atoms with van der Waals surface area (Å²) in [4.78, 5) is 13.9. The highest BCUT2D eigenvalue weighted by molar-refractivity contribution is 9.10. The molecule has 1 aromatic rings. The van der Waals surface area contributed by atoms with Crippen LogP contribution in [-0.2, 0) is 11.3 Å². The lowest BCUT2D eigenvalue weighted by Gasteiger charge is -2.29. The molecule has 1 atom stereocenters. The first-order valence-corrected chi connectivity index (χ1v) is 7.27. The number of ether oxygens (including phenoxy) is 1. The van der Waals surface area contributed by atoms with E-state index in [0.29, 0.717) is 13.2 Å². The molecule has 1 aliphatic rings. The fourth-order valence-corrected chi connectivity index (χ4v) is 2.78. The fraction of sp³-hybridized carbons (Fsp3) is 0.500. The Bertz CT molecular complexity index is 422. The van der Waals surface area contributed by atoms with E-state index in [-0.39, 0.29) is 10.7 Å². The lowest BCUT2D eigenvalue weighted by Crippen LogP contribution is -2.41. The van der Waals surface area contributed by atoms with E-state index < -0.39 is 0 Å². The Labute approximate surface area is 116 Å². The van der Waals surface area contributed by atoms with Crippen molar-refractivity contribution in [1.82, 2.24) is 4.90 Å². The van der Waals surface area contributed by atoms with Gasteiger partial charge >= 0.3 is 0 Å². The fourth-order valence-electron chi connectivity index (χ4n) is 2.17. The van der Waals surface area contributed by atoms with Gasteiger partial charge in [-0.25, -0.2) is 0 Å². The highest BCUT2D eigenvalue weighted by Gasteiger charge is 2.26. The van der Waals surface area contributed by atoms with E-state index >= 15 is 0 Å². The summed E-state index contributed by atoms with van der Waals surface area (Å²) >= 11 is 3.43. The third-order valence-electron chi connectivity index (χ3n) is 3.05. The van der Waals surface area contributed by atoms with Crippen molar-refractivity contribution in [2.24, 2.45) is 0 Å². The molecule has 18 heavy (non-hydrogen) atoms. The number of amides is 1. The van der Waals surface area contributed by atoms with Crippen molar-refractivity contribution in [3.05, 3.63) is 29.8 Å². The molecule has 3 nitrogen and oxygen atoms in total. The Kier molecular flexibility index (Phi) is 4.64. The molecule has 1 unspecified atom stereocenters. The first-order chi connectivity index (χ1) is 8.70. The number of hydrogen-bond acceptors (Lipinski definition) is 2. The zero-order valence-corrected chi connectivity index (χ0v) is 12.1. The standard InChI is InChI=1S/C14H18BrNO2/c1-2-18-12-6-3-5-11(9-12)10-16-8-4-7-13(15)14(16)17/h3,5-6,9,13H,2,4,7-8,10H2,1H3. The van der Waals surface area contributed by atoms with Crippen LogP contribution in [-0.4, -0.2) is 28.8 Å². The number of likely N-dealkylation sites (tertiary alicyclic amines) is 1. The molecule has 0 aromatic heterocycles. The summed E-state index contributed by atoms with van der Waals surface area (Å²) in [7, 11) is 0. The molecule has 1 aromatic carbocycles. The molecule has 0 radical (unpaired) electrons. The number of halogens is 1. The van der Waals surface area contributed by atoms with Gasteiger partial charge in [-0.05, 0) is 37.5 Å². The molecule has 1 saturated heterocycles. The molecule has 0 saturated carbocycles. The Morgan fingerprint density at radius 2 is 2.33 bits per heavy atom. The van der Waals surface area contributed by atoms with E-state index in [0.717, 1.165) is 30.7 Å². The molecule has 0 aliphatic carbocycles. The van der Waals surface area contributed by atoms with E-state index in [9.17, 15) is 4.79 Å². The van der Waals surface area contributed by atoms with Crippen molar-refractivity contribution in [2.75, 3.05) is 13.2 Å². The SMILES string of the molecule is CCOc1cccc(CN2CCCC(Br)C2=O)c1. The normalized spacial score (nSPS) is 20.0. The molecule has 1 heterocycles. The van der Waals surface area contributed by atoms with Crippen LogP contribution >= 0.6 is 15.9 Å². The molecule has 0 N–H and O–H groups in total. The maximum Gasteiger partial charge on any atom is 0.236 e. The maximum atomic E-state index is 12.0. The maximum absolute atomic E-state index is 12.0. The number of carbonyl (C=O) groups excluding carboxylic acids is 1. The number of rotatable bonds is 4. The van der Waals surface area contributed by atoms with Crippen LogP contribution in [0.3, 0.4) is 0 Å². The van der Waals surface area contributed by atoms with E-state index in [1.54, 1.807) is 0 Å². The molecule has 2 rings (SSSR count). The van der Waals surface area contributed by atoms with Crippen molar-refractivity contribution in [3.63, 3.8) is 0 Å². The second kappa shape index (κ2) is 6.23. The number of hydrogen-bond donors (Lipinski definition) is 0. The lowest BCUT2D eigenvalue weighted by atomic mass is 10.1. The average molecular weight is 312 g/mol. The lowest BCUT2D eigenvalue weighted by molar-refractivity contribution is -0.133. The van der Waals surface area contributed by atoms with Gasteiger partial charge in [-0.15, -0.1) is 0 Å². The minimum Gasteiger partial charge on any atom is -0.494 e. The van der Waals surface area contributed by atoms with E-state index in [1.165, 1.54) is 0 Å². The smallest absolute Gasteiger partial charge is 0.236 e. The van der Waals surface area contributed by atoms with Gasteiger partial charge in [-0.1, -0.05) is 28.1 Å². The molecule has 98 valence electrons. The van der Waals surface area contributed by atoms with Gasteiger partial charge in [0.05, 0.1) is 11.4 Å². The molecule has 1 amide bonds.